The highest BCUT2D eigenvalue weighted by Crippen LogP contribution is 2.38. The molecule has 0 aromatic heterocycles. The Hall–Kier alpha value is -0.940. The van der Waals surface area contributed by atoms with Crippen LogP contribution in [0.1, 0.15) is 31.2 Å². The van der Waals surface area contributed by atoms with Crippen LogP contribution in [-0.2, 0) is 9.84 Å². The second-order valence-corrected chi connectivity index (χ2v) is 7.73. The van der Waals surface area contributed by atoms with E-state index in [1.54, 1.807) is 6.07 Å². The third-order valence-corrected chi connectivity index (χ3v) is 4.66. The van der Waals surface area contributed by atoms with E-state index in [1.165, 1.54) is 12.3 Å². The second-order valence-electron chi connectivity index (χ2n) is 5.55. The summed E-state index contributed by atoms with van der Waals surface area (Å²) < 4.78 is 35.9. The minimum absolute atomic E-state index is 0.0541. The second kappa shape index (κ2) is 5.59. The Labute approximate surface area is 114 Å². The van der Waals surface area contributed by atoms with Gasteiger partial charge in [-0.05, 0) is 37.3 Å². The van der Waals surface area contributed by atoms with E-state index in [4.69, 9.17) is 0 Å². The summed E-state index contributed by atoms with van der Waals surface area (Å²) in [4.78, 5) is 0. The average molecular weight is 285 g/mol. The van der Waals surface area contributed by atoms with Gasteiger partial charge in [0.2, 0.25) is 0 Å². The summed E-state index contributed by atoms with van der Waals surface area (Å²) in [7, 11) is -2.95. The topological polar surface area (TPSA) is 46.2 Å². The number of hydrogen-bond donors (Lipinski definition) is 1. The van der Waals surface area contributed by atoms with Crippen LogP contribution in [0.15, 0.2) is 24.3 Å². The number of nitrogens with one attached hydrogen (secondary N) is 1. The molecule has 0 radical (unpaired) electrons. The Bertz CT molecular complexity index is 538. The van der Waals surface area contributed by atoms with Gasteiger partial charge in [-0.2, -0.15) is 0 Å². The molecule has 1 atom stereocenters. The molecule has 1 fully saturated rings. The van der Waals surface area contributed by atoms with Gasteiger partial charge in [0, 0.05) is 18.3 Å². The SMILES string of the molecule is CC(CS(C)(=O)=O)NC1CC(c2ccccc2F)C1. The van der Waals surface area contributed by atoms with Crippen LogP contribution in [0.5, 0.6) is 0 Å². The molecule has 0 aliphatic heterocycles. The predicted molar refractivity (Wildman–Crippen MR) is 74.5 cm³/mol. The molecule has 2 rings (SSSR count). The molecule has 19 heavy (non-hydrogen) atoms. The normalized spacial score (nSPS) is 24.8. The van der Waals surface area contributed by atoms with Crippen molar-refractivity contribution in [1.82, 2.24) is 5.32 Å². The summed E-state index contributed by atoms with van der Waals surface area (Å²) in [5.41, 5.74) is 0.774. The molecule has 1 saturated carbocycles. The Morgan fingerprint density at radius 1 is 1.37 bits per heavy atom. The predicted octanol–water partition coefficient (Wildman–Crippen LogP) is 2.09. The zero-order chi connectivity index (χ0) is 14.0. The van der Waals surface area contributed by atoms with Gasteiger partial charge < -0.3 is 5.32 Å². The summed E-state index contributed by atoms with van der Waals surface area (Å²) >= 11 is 0. The van der Waals surface area contributed by atoms with E-state index in [-0.39, 0.29) is 23.5 Å². The van der Waals surface area contributed by atoms with Gasteiger partial charge in [-0.15, -0.1) is 0 Å². The van der Waals surface area contributed by atoms with Crippen molar-refractivity contribution in [2.45, 2.75) is 37.8 Å². The van der Waals surface area contributed by atoms with Crippen molar-refractivity contribution >= 4 is 9.84 Å². The van der Waals surface area contributed by atoms with Crippen molar-refractivity contribution in [3.05, 3.63) is 35.6 Å². The Morgan fingerprint density at radius 3 is 2.58 bits per heavy atom. The average Bonchev–Trinajstić information content (AvgIpc) is 2.22. The van der Waals surface area contributed by atoms with Gasteiger partial charge in [-0.3, -0.25) is 0 Å². The minimum Gasteiger partial charge on any atom is -0.310 e. The van der Waals surface area contributed by atoms with Crippen LogP contribution in [0.3, 0.4) is 0 Å². The van der Waals surface area contributed by atoms with Crippen LogP contribution in [0.2, 0.25) is 0 Å². The fraction of sp³-hybridized carbons (Fsp3) is 0.571. The van der Waals surface area contributed by atoms with Crippen molar-refractivity contribution in [2.75, 3.05) is 12.0 Å². The van der Waals surface area contributed by atoms with E-state index in [0.717, 1.165) is 18.4 Å². The monoisotopic (exact) mass is 285 g/mol. The number of halogens is 1. The molecule has 1 N–H and O–H groups in total. The first kappa shape index (κ1) is 14.5. The molecule has 0 bridgehead atoms. The van der Waals surface area contributed by atoms with Crippen molar-refractivity contribution in [3.63, 3.8) is 0 Å². The Kier molecular flexibility index (Phi) is 4.26. The van der Waals surface area contributed by atoms with E-state index in [1.807, 2.05) is 19.1 Å². The summed E-state index contributed by atoms with van der Waals surface area (Å²) in [5.74, 6) is 0.257. The Morgan fingerprint density at radius 2 is 2.00 bits per heavy atom. The zero-order valence-corrected chi connectivity index (χ0v) is 12.1. The summed E-state index contributed by atoms with van der Waals surface area (Å²) in [5, 5.41) is 3.29. The molecule has 0 heterocycles. The molecule has 1 aliphatic carbocycles. The van der Waals surface area contributed by atoms with Crippen LogP contribution in [0.4, 0.5) is 4.39 Å². The lowest BCUT2D eigenvalue weighted by Gasteiger charge is -2.38. The van der Waals surface area contributed by atoms with Crippen molar-refractivity contribution < 1.29 is 12.8 Å². The molecule has 0 saturated heterocycles. The maximum Gasteiger partial charge on any atom is 0.148 e. The number of sulfone groups is 1. The summed E-state index contributed by atoms with van der Waals surface area (Å²) in [6, 6.07) is 7.11. The van der Waals surface area contributed by atoms with Gasteiger partial charge in [0.05, 0.1) is 5.75 Å². The number of benzene rings is 1. The summed E-state index contributed by atoms with van der Waals surface area (Å²) in [6.07, 6.45) is 2.98. The molecular weight excluding hydrogens is 265 g/mol. The molecule has 1 aliphatic rings. The van der Waals surface area contributed by atoms with E-state index >= 15 is 0 Å². The first-order chi connectivity index (χ1) is 8.85. The molecule has 1 unspecified atom stereocenters. The molecule has 0 amide bonds. The highest BCUT2D eigenvalue weighted by Gasteiger charge is 2.32. The van der Waals surface area contributed by atoms with Gasteiger partial charge >= 0.3 is 0 Å². The third-order valence-electron chi connectivity index (χ3n) is 3.56. The van der Waals surface area contributed by atoms with Crippen LogP contribution >= 0.6 is 0 Å². The van der Waals surface area contributed by atoms with E-state index in [2.05, 4.69) is 5.32 Å². The van der Waals surface area contributed by atoms with Crippen molar-refractivity contribution in [2.24, 2.45) is 0 Å². The zero-order valence-electron chi connectivity index (χ0n) is 11.3. The maximum absolute atomic E-state index is 13.6. The van der Waals surface area contributed by atoms with Gasteiger partial charge in [0.15, 0.2) is 0 Å². The molecule has 3 nitrogen and oxygen atoms in total. The fourth-order valence-electron chi connectivity index (χ4n) is 2.72. The van der Waals surface area contributed by atoms with Crippen LogP contribution in [0.25, 0.3) is 0 Å². The van der Waals surface area contributed by atoms with Gasteiger partial charge in [-0.25, -0.2) is 12.8 Å². The molecule has 106 valence electrons. The van der Waals surface area contributed by atoms with Crippen LogP contribution < -0.4 is 5.32 Å². The van der Waals surface area contributed by atoms with Crippen molar-refractivity contribution in [1.29, 1.82) is 0 Å². The molecule has 1 aromatic carbocycles. The molecular formula is C14H20FNO2S. The van der Waals surface area contributed by atoms with Gasteiger partial charge in [0.25, 0.3) is 0 Å². The Balaban J connectivity index is 1.82. The quantitative estimate of drug-likeness (QED) is 0.901. The van der Waals surface area contributed by atoms with E-state index < -0.39 is 9.84 Å². The fourth-order valence-corrected chi connectivity index (χ4v) is 3.72. The van der Waals surface area contributed by atoms with E-state index in [9.17, 15) is 12.8 Å². The lowest BCUT2D eigenvalue weighted by atomic mass is 9.75. The highest BCUT2D eigenvalue weighted by molar-refractivity contribution is 7.90. The van der Waals surface area contributed by atoms with Gasteiger partial charge in [-0.1, -0.05) is 18.2 Å². The first-order valence-corrected chi connectivity index (χ1v) is 8.59. The minimum atomic E-state index is -2.95. The van der Waals surface area contributed by atoms with E-state index in [0.29, 0.717) is 6.04 Å². The first-order valence-electron chi connectivity index (χ1n) is 6.53. The molecule has 1 aromatic rings. The van der Waals surface area contributed by atoms with Gasteiger partial charge in [0.1, 0.15) is 15.7 Å². The molecule has 0 spiro atoms. The number of rotatable bonds is 5. The number of hydrogen-bond acceptors (Lipinski definition) is 3. The van der Waals surface area contributed by atoms with Crippen molar-refractivity contribution in [3.8, 4) is 0 Å². The largest absolute Gasteiger partial charge is 0.310 e. The summed E-state index contributed by atoms with van der Waals surface area (Å²) in [6.45, 7) is 1.87. The molecule has 5 heteroatoms. The maximum atomic E-state index is 13.6. The standard InChI is InChI=1S/C14H20FNO2S/c1-10(9-19(2,17)18)16-12-7-11(8-12)13-5-3-4-6-14(13)15/h3-6,10-12,16H,7-9H2,1-2H3. The lowest BCUT2D eigenvalue weighted by Crippen LogP contribution is -2.46. The lowest BCUT2D eigenvalue weighted by molar-refractivity contribution is 0.270. The third kappa shape index (κ3) is 4.01. The van der Waals surface area contributed by atoms with Crippen LogP contribution in [0, 0.1) is 5.82 Å². The van der Waals surface area contributed by atoms with Crippen LogP contribution in [-0.4, -0.2) is 32.5 Å². The smallest absolute Gasteiger partial charge is 0.148 e. The highest BCUT2D eigenvalue weighted by atomic mass is 32.2.